The molecule has 1 aliphatic rings. The minimum Gasteiger partial charge on any atom is -0.376 e. The zero-order chi connectivity index (χ0) is 7.61. The fraction of sp³-hybridized carbons (Fsp3) is 1.00. The first-order valence-electron chi connectivity index (χ1n) is 3.98. The minimum absolute atomic E-state index is 0. The lowest BCUT2D eigenvalue weighted by Crippen LogP contribution is -2.36. The van der Waals surface area contributed by atoms with Crippen LogP contribution in [-0.2, 0) is 4.74 Å². The lowest BCUT2D eigenvalue weighted by atomic mass is 9.89. The van der Waals surface area contributed by atoms with Gasteiger partial charge in [0.1, 0.15) is 0 Å². The summed E-state index contributed by atoms with van der Waals surface area (Å²) in [5.41, 5.74) is 5.64. The van der Waals surface area contributed by atoms with Gasteiger partial charge in [0, 0.05) is 6.61 Å². The summed E-state index contributed by atoms with van der Waals surface area (Å²) in [6.45, 7) is 5.96. The molecule has 1 saturated heterocycles. The molecular weight excluding hydrogens is 162 g/mol. The predicted molar refractivity (Wildman–Crippen MR) is 49.1 cm³/mol. The van der Waals surface area contributed by atoms with Gasteiger partial charge in [-0.1, -0.05) is 0 Å². The van der Waals surface area contributed by atoms with Gasteiger partial charge >= 0.3 is 0 Å². The fourth-order valence-corrected chi connectivity index (χ4v) is 1.56. The number of ether oxygens (including phenoxy) is 1. The van der Waals surface area contributed by atoms with Gasteiger partial charge in [-0.3, -0.25) is 0 Å². The first-order valence-corrected chi connectivity index (χ1v) is 3.98. The molecule has 0 spiro atoms. The second-order valence-electron chi connectivity index (χ2n) is 3.70. The summed E-state index contributed by atoms with van der Waals surface area (Å²) in [5, 5.41) is 0. The number of nitrogens with two attached hydrogens (primary N) is 1. The maximum Gasteiger partial charge on any atom is 0.0629 e. The summed E-state index contributed by atoms with van der Waals surface area (Å²) in [6.07, 6.45) is 2.25. The Kier molecular flexibility index (Phi) is 4.37. The van der Waals surface area contributed by atoms with E-state index in [1.807, 2.05) is 0 Å². The lowest BCUT2D eigenvalue weighted by Gasteiger charge is -2.34. The van der Waals surface area contributed by atoms with Crippen LogP contribution in [0.5, 0.6) is 0 Å². The molecular formula is C8H18ClNO. The van der Waals surface area contributed by atoms with E-state index in [-0.39, 0.29) is 18.0 Å². The van der Waals surface area contributed by atoms with Gasteiger partial charge in [-0.25, -0.2) is 0 Å². The third kappa shape index (κ3) is 3.41. The average molecular weight is 180 g/mol. The molecule has 0 amide bonds. The molecule has 0 aliphatic carbocycles. The molecule has 11 heavy (non-hydrogen) atoms. The number of rotatable bonds is 1. The lowest BCUT2D eigenvalue weighted by molar-refractivity contribution is -0.0706. The van der Waals surface area contributed by atoms with E-state index in [1.165, 1.54) is 0 Å². The summed E-state index contributed by atoms with van der Waals surface area (Å²) in [5.74, 6) is 0.684. The number of halogens is 1. The van der Waals surface area contributed by atoms with Crippen LogP contribution in [0.15, 0.2) is 0 Å². The normalized spacial score (nSPS) is 29.2. The van der Waals surface area contributed by atoms with E-state index in [0.717, 1.165) is 26.0 Å². The predicted octanol–water partition coefficient (Wildman–Crippen LogP) is 1.57. The Morgan fingerprint density at radius 1 is 1.55 bits per heavy atom. The molecule has 1 rings (SSSR count). The number of hydrogen-bond donors (Lipinski definition) is 1. The Balaban J connectivity index is 0.000001000. The molecule has 3 heteroatoms. The van der Waals surface area contributed by atoms with Gasteiger partial charge in [-0.15, -0.1) is 12.4 Å². The second kappa shape index (κ2) is 4.29. The quantitative estimate of drug-likeness (QED) is 0.664. The molecule has 0 aromatic rings. The van der Waals surface area contributed by atoms with Crippen molar-refractivity contribution in [3.05, 3.63) is 0 Å². The summed E-state index contributed by atoms with van der Waals surface area (Å²) >= 11 is 0. The fourth-order valence-electron chi connectivity index (χ4n) is 1.56. The first kappa shape index (κ1) is 11.2. The van der Waals surface area contributed by atoms with Crippen molar-refractivity contribution in [1.82, 2.24) is 0 Å². The van der Waals surface area contributed by atoms with Crippen molar-refractivity contribution in [2.75, 3.05) is 13.2 Å². The summed E-state index contributed by atoms with van der Waals surface area (Å²) < 4.78 is 5.54. The van der Waals surface area contributed by atoms with E-state index < -0.39 is 0 Å². The van der Waals surface area contributed by atoms with E-state index in [4.69, 9.17) is 10.5 Å². The van der Waals surface area contributed by atoms with Crippen molar-refractivity contribution < 1.29 is 4.74 Å². The first-order chi connectivity index (χ1) is 4.64. The minimum atomic E-state index is 0. The molecule has 0 aromatic carbocycles. The van der Waals surface area contributed by atoms with Gasteiger partial charge in [-0.2, -0.15) is 0 Å². The van der Waals surface area contributed by atoms with Crippen LogP contribution >= 0.6 is 12.4 Å². The Bertz CT molecular complexity index is 117. The van der Waals surface area contributed by atoms with E-state index in [1.54, 1.807) is 0 Å². The Hall–Kier alpha value is 0.210. The Labute approximate surface area is 74.9 Å². The largest absolute Gasteiger partial charge is 0.376 e. The van der Waals surface area contributed by atoms with Crippen LogP contribution in [0, 0.1) is 5.92 Å². The highest BCUT2D eigenvalue weighted by molar-refractivity contribution is 5.85. The molecule has 1 heterocycles. The summed E-state index contributed by atoms with van der Waals surface area (Å²) in [4.78, 5) is 0. The van der Waals surface area contributed by atoms with Crippen LogP contribution in [0.25, 0.3) is 0 Å². The van der Waals surface area contributed by atoms with Crippen LogP contribution < -0.4 is 5.73 Å². The monoisotopic (exact) mass is 179 g/mol. The molecule has 2 nitrogen and oxygen atoms in total. The van der Waals surface area contributed by atoms with Crippen LogP contribution in [0.3, 0.4) is 0 Å². The molecule has 1 aliphatic heterocycles. The van der Waals surface area contributed by atoms with E-state index in [0.29, 0.717) is 5.92 Å². The molecule has 0 bridgehead atoms. The van der Waals surface area contributed by atoms with Crippen LogP contribution in [0.2, 0.25) is 0 Å². The molecule has 0 radical (unpaired) electrons. The van der Waals surface area contributed by atoms with Crippen molar-refractivity contribution in [3.8, 4) is 0 Å². The third-order valence-corrected chi connectivity index (χ3v) is 2.13. The Morgan fingerprint density at radius 3 is 2.55 bits per heavy atom. The standard InChI is InChI=1S/C8H17NO.ClH/c1-8(2)5-7(6-9)3-4-10-8;/h7H,3-6,9H2,1-2H3;1H/t7-;/m1./s1. The maximum atomic E-state index is 5.57. The highest BCUT2D eigenvalue weighted by Crippen LogP contribution is 2.27. The third-order valence-electron chi connectivity index (χ3n) is 2.13. The van der Waals surface area contributed by atoms with Gasteiger partial charge < -0.3 is 10.5 Å². The average Bonchev–Trinajstić information content (AvgIpc) is 1.86. The van der Waals surface area contributed by atoms with Crippen molar-refractivity contribution in [3.63, 3.8) is 0 Å². The van der Waals surface area contributed by atoms with Crippen molar-refractivity contribution >= 4 is 12.4 Å². The zero-order valence-corrected chi connectivity index (χ0v) is 8.12. The van der Waals surface area contributed by atoms with E-state index in [2.05, 4.69) is 13.8 Å². The summed E-state index contributed by atoms with van der Waals surface area (Å²) in [7, 11) is 0. The van der Waals surface area contributed by atoms with E-state index in [9.17, 15) is 0 Å². The Morgan fingerprint density at radius 2 is 2.18 bits per heavy atom. The van der Waals surface area contributed by atoms with Gasteiger partial charge in [0.15, 0.2) is 0 Å². The molecule has 1 fully saturated rings. The molecule has 0 unspecified atom stereocenters. The molecule has 0 aromatic heterocycles. The highest BCUT2D eigenvalue weighted by Gasteiger charge is 2.27. The van der Waals surface area contributed by atoms with Gasteiger partial charge in [0.25, 0.3) is 0 Å². The smallest absolute Gasteiger partial charge is 0.0629 e. The van der Waals surface area contributed by atoms with Gasteiger partial charge in [-0.05, 0) is 39.2 Å². The second-order valence-corrected chi connectivity index (χ2v) is 3.70. The molecule has 1 atom stereocenters. The van der Waals surface area contributed by atoms with Crippen LogP contribution in [0.1, 0.15) is 26.7 Å². The molecule has 2 N–H and O–H groups in total. The zero-order valence-electron chi connectivity index (χ0n) is 7.30. The maximum absolute atomic E-state index is 5.57. The van der Waals surface area contributed by atoms with Gasteiger partial charge in [0.05, 0.1) is 5.60 Å². The molecule has 0 saturated carbocycles. The topological polar surface area (TPSA) is 35.2 Å². The van der Waals surface area contributed by atoms with Crippen molar-refractivity contribution in [2.45, 2.75) is 32.3 Å². The van der Waals surface area contributed by atoms with Crippen LogP contribution in [-0.4, -0.2) is 18.8 Å². The molecule has 68 valence electrons. The van der Waals surface area contributed by atoms with Crippen molar-refractivity contribution in [2.24, 2.45) is 11.7 Å². The number of hydrogen-bond acceptors (Lipinski definition) is 2. The highest BCUT2D eigenvalue weighted by atomic mass is 35.5. The van der Waals surface area contributed by atoms with Gasteiger partial charge in [0.2, 0.25) is 0 Å². The van der Waals surface area contributed by atoms with Crippen molar-refractivity contribution in [1.29, 1.82) is 0 Å². The van der Waals surface area contributed by atoms with Crippen LogP contribution in [0.4, 0.5) is 0 Å². The summed E-state index contributed by atoms with van der Waals surface area (Å²) in [6, 6.07) is 0. The van der Waals surface area contributed by atoms with E-state index >= 15 is 0 Å². The SMILES string of the molecule is CC1(C)C[C@H](CN)CCO1.Cl.